The molecule has 3 rings (SSSR count). The summed E-state index contributed by atoms with van der Waals surface area (Å²) in [6, 6.07) is 8.23. The number of pyridine rings is 1. The predicted octanol–water partition coefficient (Wildman–Crippen LogP) is 4.70. The summed E-state index contributed by atoms with van der Waals surface area (Å²) >= 11 is 0. The van der Waals surface area contributed by atoms with Crippen LogP contribution in [0.15, 0.2) is 30.6 Å². The van der Waals surface area contributed by atoms with Crippen LogP contribution in [0.1, 0.15) is 34.1 Å². The average Bonchev–Trinajstić information content (AvgIpc) is 2.91. The van der Waals surface area contributed by atoms with Crippen LogP contribution in [0.5, 0.6) is 0 Å². The minimum atomic E-state index is 0.586. The summed E-state index contributed by atoms with van der Waals surface area (Å²) < 4.78 is 2.23. The number of rotatable bonds is 3. The first-order chi connectivity index (χ1) is 10.6. The van der Waals surface area contributed by atoms with E-state index in [2.05, 4.69) is 59.7 Å². The number of benzene rings is 1. The second-order valence-electron chi connectivity index (χ2n) is 5.92. The van der Waals surface area contributed by atoms with E-state index in [1.54, 1.807) is 0 Å². The molecule has 22 heavy (non-hydrogen) atoms. The van der Waals surface area contributed by atoms with E-state index in [1.807, 2.05) is 25.5 Å². The molecule has 0 amide bonds. The number of fused-ring (bicyclic) bond motifs is 3. The van der Waals surface area contributed by atoms with E-state index in [1.165, 1.54) is 11.9 Å². The molecule has 0 aliphatic heterocycles. The Bertz CT molecular complexity index is 743. The number of hydrogen-bond donors (Lipinski definition) is 1. The summed E-state index contributed by atoms with van der Waals surface area (Å²) in [4.78, 5) is 9.16. The van der Waals surface area contributed by atoms with Gasteiger partial charge in [0.25, 0.3) is 0 Å². The van der Waals surface area contributed by atoms with Crippen molar-refractivity contribution in [2.24, 2.45) is 5.92 Å². The highest BCUT2D eigenvalue weighted by Gasteiger charge is 2.13. The van der Waals surface area contributed by atoms with Crippen molar-refractivity contribution in [1.29, 1.82) is 0 Å². The summed E-state index contributed by atoms with van der Waals surface area (Å²) in [5.74, 6) is 1.43. The van der Waals surface area contributed by atoms with Crippen molar-refractivity contribution in [2.75, 3.05) is 12.4 Å². The van der Waals surface area contributed by atoms with Gasteiger partial charge in [-0.1, -0.05) is 52.3 Å². The standard InChI is InChI=1S/C15H18N4.C3H8/c1-10(2)8-19-9-17-13-14(19)11-6-4-5-7-12(11)18-15(13)16-3;1-3-2/h4-7,9-10H,8H2,1-3H3,(H,16,18);3H2,1-2H3. The zero-order chi connectivity index (χ0) is 16.1. The van der Waals surface area contributed by atoms with Gasteiger partial charge in [0.15, 0.2) is 5.82 Å². The molecule has 1 N–H and O–H groups in total. The molecule has 2 heterocycles. The van der Waals surface area contributed by atoms with Crippen molar-refractivity contribution in [2.45, 2.75) is 40.7 Å². The predicted molar refractivity (Wildman–Crippen MR) is 95.4 cm³/mol. The summed E-state index contributed by atoms with van der Waals surface area (Å²) in [7, 11) is 1.89. The molecule has 0 aliphatic rings. The highest BCUT2D eigenvalue weighted by molar-refractivity contribution is 6.06. The molecule has 0 unspecified atom stereocenters. The minimum Gasteiger partial charge on any atom is -0.371 e. The fourth-order valence-corrected chi connectivity index (χ4v) is 2.49. The van der Waals surface area contributed by atoms with Gasteiger partial charge in [-0.15, -0.1) is 0 Å². The van der Waals surface area contributed by atoms with Gasteiger partial charge in [-0.25, -0.2) is 9.97 Å². The van der Waals surface area contributed by atoms with Gasteiger partial charge in [0.1, 0.15) is 5.52 Å². The van der Waals surface area contributed by atoms with Crippen LogP contribution in [0.25, 0.3) is 21.9 Å². The fraction of sp³-hybridized carbons (Fsp3) is 0.444. The molecule has 4 nitrogen and oxygen atoms in total. The third-order valence-corrected chi connectivity index (χ3v) is 3.25. The Morgan fingerprint density at radius 3 is 2.50 bits per heavy atom. The summed E-state index contributed by atoms with van der Waals surface area (Å²) in [6.45, 7) is 9.65. The zero-order valence-electron chi connectivity index (χ0n) is 14.2. The van der Waals surface area contributed by atoms with Crippen molar-refractivity contribution in [3.05, 3.63) is 30.6 Å². The molecule has 0 saturated heterocycles. The minimum absolute atomic E-state index is 0.586. The maximum Gasteiger partial charge on any atom is 0.154 e. The molecule has 0 radical (unpaired) electrons. The van der Waals surface area contributed by atoms with E-state index in [0.717, 1.165) is 28.8 Å². The van der Waals surface area contributed by atoms with Gasteiger partial charge in [0, 0.05) is 19.0 Å². The molecule has 0 atom stereocenters. The Kier molecular flexibility index (Phi) is 5.36. The summed E-state index contributed by atoms with van der Waals surface area (Å²) in [5, 5.41) is 4.30. The highest BCUT2D eigenvalue weighted by atomic mass is 15.1. The molecular weight excluding hydrogens is 272 g/mol. The van der Waals surface area contributed by atoms with E-state index in [0.29, 0.717) is 5.92 Å². The van der Waals surface area contributed by atoms with Crippen molar-refractivity contribution in [1.82, 2.24) is 14.5 Å². The van der Waals surface area contributed by atoms with Gasteiger partial charge in [-0.2, -0.15) is 0 Å². The second kappa shape index (κ2) is 7.25. The number of nitrogens with zero attached hydrogens (tertiary/aromatic N) is 3. The van der Waals surface area contributed by atoms with Crippen LogP contribution >= 0.6 is 0 Å². The number of aromatic nitrogens is 3. The van der Waals surface area contributed by atoms with Crippen LogP contribution in [-0.2, 0) is 6.54 Å². The van der Waals surface area contributed by atoms with Crippen LogP contribution in [0.2, 0.25) is 0 Å². The van der Waals surface area contributed by atoms with Crippen molar-refractivity contribution >= 4 is 27.8 Å². The zero-order valence-corrected chi connectivity index (χ0v) is 14.2. The molecule has 2 aromatic heterocycles. The van der Waals surface area contributed by atoms with Crippen LogP contribution in [-0.4, -0.2) is 21.6 Å². The Labute approximate surface area is 132 Å². The largest absolute Gasteiger partial charge is 0.371 e. The molecule has 4 heteroatoms. The van der Waals surface area contributed by atoms with Gasteiger partial charge < -0.3 is 9.88 Å². The topological polar surface area (TPSA) is 42.7 Å². The first-order valence-electron chi connectivity index (χ1n) is 8.03. The smallest absolute Gasteiger partial charge is 0.154 e. The van der Waals surface area contributed by atoms with E-state index < -0.39 is 0 Å². The maximum atomic E-state index is 4.63. The molecule has 0 spiro atoms. The lowest BCUT2D eigenvalue weighted by Gasteiger charge is -2.10. The lowest BCUT2D eigenvalue weighted by atomic mass is 10.1. The van der Waals surface area contributed by atoms with Crippen LogP contribution in [0.4, 0.5) is 5.82 Å². The Balaban J connectivity index is 0.000000545. The monoisotopic (exact) mass is 298 g/mol. The Hall–Kier alpha value is -2.10. The third-order valence-electron chi connectivity index (χ3n) is 3.25. The van der Waals surface area contributed by atoms with Crippen molar-refractivity contribution in [3.8, 4) is 0 Å². The third kappa shape index (κ3) is 3.21. The Morgan fingerprint density at radius 2 is 1.86 bits per heavy atom. The molecule has 1 aromatic carbocycles. The van der Waals surface area contributed by atoms with Gasteiger partial charge in [-0.05, 0) is 12.0 Å². The first-order valence-corrected chi connectivity index (χ1v) is 8.03. The molecule has 0 fully saturated rings. The number of imidazole rings is 1. The summed E-state index contributed by atoms with van der Waals surface area (Å²) in [5.41, 5.74) is 3.12. The quantitative estimate of drug-likeness (QED) is 0.762. The van der Waals surface area contributed by atoms with Gasteiger partial charge >= 0.3 is 0 Å². The van der Waals surface area contributed by atoms with E-state index >= 15 is 0 Å². The van der Waals surface area contributed by atoms with Crippen molar-refractivity contribution < 1.29 is 0 Å². The van der Waals surface area contributed by atoms with E-state index in [-0.39, 0.29) is 0 Å². The molecule has 118 valence electrons. The average molecular weight is 298 g/mol. The van der Waals surface area contributed by atoms with Gasteiger partial charge in [0.05, 0.1) is 17.4 Å². The number of hydrogen-bond acceptors (Lipinski definition) is 3. The lowest BCUT2D eigenvalue weighted by molar-refractivity contribution is 0.533. The molecule has 0 saturated carbocycles. The molecule has 0 aliphatic carbocycles. The fourth-order valence-electron chi connectivity index (χ4n) is 2.49. The van der Waals surface area contributed by atoms with Gasteiger partial charge in [-0.3, -0.25) is 0 Å². The number of para-hydroxylation sites is 1. The number of anilines is 1. The SMILES string of the molecule is CCC.CNc1nc2ccccc2c2c1ncn2CC(C)C. The van der Waals surface area contributed by atoms with Crippen LogP contribution < -0.4 is 5.32 Å². The van der Waals surface area contributed by atoms with Gasteiger partial charge in [0.2, 0.25) is 0 Å². The summed E-state index contributed by atoms with van der Waals surface area (Å²) in [6.07, 6.45) is 3.17. The lowest BCUT2D eigenvalue weighted by Crippen LogP contribution is -2.03. The normalized spacial score (nSPS) is 10.8. The molecule has 3 aromatic rings. The van der Waals surface area contributed by atoms with Crippen LogP contribution in [0, 0.1) is 5.92 Å². The van der Waals surface area contributed by atoms with E-state index in [9.17, 15) is 0 Å². The molecule has 0 bridgehead atoms. The highest BCUT2D eigenvalue weighted by Crippen LogP contribution is 2.28. The first kappa shape index (κ1) is 16.3. The Morgan fingerprint density at radius 1 is 1.18 bits per heavy atom. The van der Waals surface area contributed by atoms with Crippen molar-refractivity contribution in [3.63, 3.8) is 0 Å². The second-order valence-corrected chi connectivity index (χ2v) is 5.92. The maximum absolute atomic E-state index is 4.63. The molecular formula is C18H26N4. The van der Waals surface area contributed by atoms with Crippen LogP contribution in [0.3, 0.4) is 0 Å². The number of nitrogens with one attached hydrogen (secondary N) is 1. The van der Waals surface area contributed by atoms with E-state index in [4.69, 9.17) is 0 Å².